The van der Waals surface area contributed by atoms with Gasteiger partial charge < -0.3 is 0 Å². The van der Waals surface area contributed by atoms with Crippen LogP contribution in [0.5, 0.6) is 0 Å². The maximum absolute atomic E-state index is 13.1. The van der Waals surface area contributed by atoms with E-state index in [0.29, 0.717) is 6.54 Å². The SMILES string of the molecule is O=C1[C@@H]2[C@H](C(=O)N1Cc1ccccc1)[C@@H]1C=C[C@@H]2C1=C1CCCCC1. The third-order valence-corrected chi connectivity index (χ3v) is 6.56. The fraction of sp³-hybridized carbons (Fsp3) is 0.455. The monoisotopic (exact) mass is 333 g/mol. The summed E-state index contributed by atoms with van der Waals surface area (Å²) in [6, 6.07) is 9.84. The Morgan fingerprint density at radius 1 is 0.840 bits per heavy atom. The lowest BCUT2D eigenvalue weighted by Gasteiger charge is -2.23. The zero-order valence-electron chi connectivity index (χ0n) is 14.4. The Hall–Kier alpha value is -2.16. The molecule has 4 atom stereocenters. The molecule has 2 amide bonds. The lowest BCUT2D eigenvalue weighted by Crippen LogP contribution is -2.32. The number of fused-ring (bicyclic) bond motifs is 5. The largest absolute Gasteiger partial charge is 0.278 e. The molecule has 1 heterocycles. The predicted octanol–water partition coefficient (Wildman–Crippen LogP) is 3.86. The molecule has 3 nitrogen and oxygen atoms in total. The van der Waals surface area contributed by atoms with E-state index in [1.807, 2.05) is 30.3 Å². The molecule has 0 spiro atoms. The highest BCUT2D eigenvalue weighted by Crippen LogP contribution is 2.57. The van der Waals surface area contributed by atoms with Gasteiger partial charge in [-0.25, -0.2) is 0 Å². The molecular weight excluding hydrogens is 310 g/mol. The highest BCUT2D eigenvalue weighted by molar-refractivity contribution is 6.07. The summed E-state index contributed by atoms with van der Waals surface area (Å²) in [5.74, 6) is 0.168. The molecule has 3 fully saturated rings. The van der Waals surface area contributed by atoms with Crippen LogP contribution in [0.25, 0.3) is 0 Å². The summed E-state index contributed by atoms with van der Waals surface area (Å²) < 4.78 is 0. The van der Waals surface area contributed by atoms with Gasteiger partial charge in [0.15, 0.2) is 0 Å². The molecule has 128 valence electrons. The number of hydrogen-bond donors (Lipinski definition) is 0. The van der Waals surface area contributed by atoms with Gasteiger partial charge in [0, 0.05) is 11.8 Å². The van der Waals surface area contributed by atoms with Crippen LogP contribution in [0.15, 0.2) is 53.6 Å². The van der Waals surface area contributed by atoms with Crippen molar-refractivity contribution < 1.29 is 9.59 Å². The van der Waals surface area contributed by atoms with Crippen LogP contribution in [-0.4, -0.2) is 16.7 Å². The maximum atomic E-state index is 13.1. The van der Waals surface area contributed by atoms with Gasteiger partial charge in [-0.15, -0.1) is 0 Å². The Morgan fingerprint density at radius 2 is 1.44 bits per heavy atom. The Bertz CT molecular complexity index is 750. The summed E-state index contributed by atoms with van der Waals surface area (Å²) >= 11 is 0. The van der Waals surface area contributed by atoms with Gasteiger partial charge in [-0.2, -0.15) is 0 Å². The molecular formula is C22H23NO2. The van der Waals surface area contributed by atoms with Crippen LogP contribution < -0.4 is 0 Å². The van der Waals surface area contributed by atoms with Crippen molar-refractivity contribution in [3.8, 4) is 0 Å². The molecule has 1 saturated heterocycles. The summed E-state index contributed by atoms with van der Waals surface area (Å²) in [5, 5.41) is 0. The average molecular weight is 333 g/mol. The number of likely N-dealkylation sites (tertiary alicyclic amines) is 1. The second kappa shape index (κ2) is 5.69. The Morgan fingerprint density at radius 3 is 2.04 bits per heavy atom. The number of allylic oxidation sites excluding steroid dienone is 4. The first kappa shape index (κ1) is 15.1. The van der Waals surface area contributed by atoms with Crippen LogP contribution >= 0.6 is 0 Å². The van der Waals surface area contributed by atoms with Gasteiger partial charge in [-0.05, 0) is 31.2 Å². The topological polar surface area (TPSA) is 37.4 Å². The van der Waals surface area contributed by atoms with Crippen molar-refractivity contribution >= 4 is 11.8 Å². The number of hydrogen-bond acceptors (Lipinski definition) is 2. The summed E-state index contributed by atoms with van der Waals surface area (Å²) in [6.07, 6.45) is 10.6. The summed E-state index contributed by atoms with van der Waals surface area (Å²) in [7, 11) is 0. The minimum Gasteiger partial charge on any atom is -0.278 e. The van der Waals surface area contributed by atoms with Crippen LogP contribution in [0, 0.1) is 23.7 Å². The zero-order valence-corrected chi connectivity index (χ0v) is 14.4. The van der Waals surface area contributed by atoms with Crippen molar-refractivity contribution in [3.05, 3.63) is 59.2 Å². The Labute approximate surface area is 148 Å². The van der Waals surface area contributed by atoms with E-state index < -0.39 is 0 Å². The van der Waals surface area contributed by atoms with Crippen molar-refractivity contribution in [1.29, 1.82) is 0 Å². The quantitative estimate of drug-likeness (QED) is 0.609. The van der Waals surface area contributed by atoms with Crippen molar-refractivity contribution in [2.75, 3.05) is 0 Å². The van der Waals surface area contributed by atoms with E-state index in [-0.39, 0.29) is 35.5 Å². The zero-order chi connectivity index (χ0) is 17.0. The van der Waals surface area contributed by atoms with Crippen molar-refractivity contribution in [2.45, 2.75) is 38.6 Å². The van der Waals surface area contributed by atoms with E-state index >= 15 is 0 Å². The van der Waals surface area contributed by atoms with Crippen molar-refractivity contribution in [1.82, 2.24) is 4.90 Å². The Kier molecular flexibility index (Phi) is 3.44. The second-order valence-corrected chi connectivity index (χ2v) is 7.86. The van der Waals surface area contributed by atoms with Crippen molar-refractivity contribution in [3.63, 3.8) is 0 Å². The predicted molar refractivity (Wildman–Crippen MR) is 95.2 cm³/mol. The fourth-order valence-corrected chi connectivity index (χ4v) is 5.49. The molecule has 1 aliphatic heterocycles. The average Bonchev–Trinajstić information content (AvgIpc) is 3.29. The first-order valence-corrected chi connectivity index (χ1v) is 9.55. The van der Waals surface area contributed by atoms with Crippen LogP contribution in [0.2, 0.25) is 0 Å². The number of imide groups is 1. The van der Waals surface area contributed by atoms with Gasteiger partial charge in [0.1, 0.15) is 0 Å². The van der Waals surface area contributed by atoms with E-state index in [2.05, 4.69) is 12.2 Å². The molecule has 2 saturated carbocycles. The minimum atomic E-state index is -0.143. The smallest absolute Gasteiger partial charge is 0.234 e. The number of carbonyl (C=O) groups is 2. The molecule has 0 radical (unpaired) electrons. The number of rotatable bonds is 2. The molecule has 2 bridgehead atoms. The van der Waals surface area contributed by atoms with Gasteiger partial charge in [0.2, 0.25) is 11.8 Å². The number of amides is 2. The van der Waals surface area contributed by atoms with E-state index in [4.69, 9.17) is 0 Å². The molecule has 25 heavy (non-hydrogen) atoms. The molecule has 0 N–H and O–H groups in total. The number of carbonyl (C=O) groups excluding carboxylic acids is 2. The summed E-state index contributed by atoms with van der Waals surface area (Å²) in [4.78, 5) is 27.7. The first-order valence-electron chi connectivity index (χ1n) is 9.55. The van der Waals surface area contributed by atoms with Gasteiger partial charge in [0.25, 0.3) is 0 Å². The molecule has 3 heteroatoms. The Balaban J connectivity index is 1.45. The van der Waals surface area contributed by atoms with Gasteiger partial charge >= 0.3 is 0 Å². The first-order chi connectivity index (χ1) is 12.3. The fourth-order valence-electron chi connectivity index (χ4n) is 5.49. The summed E-state index contributed by atoms with van der Waals surface area (Å²) in [5.41, 5.74) is 4.02. The van der Waals surface area contributed by atoms with Crippen LogP contribution in [-0.2, 0) is 16.1 Å². The number of nitrogens with zero attached hydrogens (tertiary/aromatic N) is 1. The van der Waals surface area contributed by atoms with Gasteiger partial charge in [-0.3, -0.25) is 14.5 Å². The highest BCUT2D eigenvalue weighted by Gasteiger charge is 2.61. The lowest BCUT2D eigenvalue weighted by molar-refractivity contribution is -0.141. The molecule has 1 aromatic rings. The van der Waals surface area contributed by atoms with Crippen molar-refractivity contribution in [2.24, 2.45) is 23.7 Å². The van der Waals surface area contributed by atoms with Crippen LogP contribution in [0.1, 0.15) is 37.7 Å². The van der Waals surface area contributed by atoms with E-state index in [0.717, 1.165) is 5.56 Å². The maximum Gasteiger partial charge on any atom is 0.234 e. The molecule has 0 aromatic heterocycles. The molecule has 1 aromatic carbocycles. The highest BCUT2D eigenvalue weighted by atomic mass is 16.2. The molecule has 3 aliphatic carbocycles. The molecule has 5 rings (SSSR count). The van der Waals surface area contributed by atoms with E-state index in [1.165, 1.54) is 42.6 Å². The van der Waals surface area contributed by atoms with Crippen LogP contribution in [0.4, 0.5) is 0 Å². The van der Waals surface area contributed by atoms with Gasteiger partial charge in [0.05, 0.1) is 18.4 Å². The second-order valence-electron chi connectivity index (χ2n) is 7.86. The van der Waals surface area contributed by atoms with E-state index in [9.17, 15) is 9.59 Å². The molecule has 4 aliphatic rings. The number of benzene rings is 1. The third-order valence-electron chi connectivity index (χ3n) is 6.56. The van der Waals surface area contributed by atoms with Crippen LogP contribution in [0.3, 0.4) is 0 Å². The molecule has 0 unspecified atom stereocenters. The third kappa shape index (κ3) is 2.18. The van der Waals surface area contributed by atoms with Gasteiger partial charge in [-0.1, -0.05) is 60.1 Å². The normalized spacial score (nSPS) is 33.5. The minimum absolute atomic E-state index is 0.0459. The van der Waals surface area contributed by atoms with E-state index in [1.54, 1.807) is 5.57 Å². The lowest BCUT2D eigenvalue weighted by atomic mass is 9.85. The summed E-state index contributed by atoms with van der Waals surface area (Å²) in [6.45, 7) is 0.414. The standard InChI is InChI=1S/C22H23NO2/c24-21-19-16-11-12-17(18(16)15-9-5-2-6-10-15)20(19)22(25)23(21)13-14-7-3-1-4-8-14/h1,3-4,7-8,11-12,16-17,19-20H,2,5-6,9-10,13H2/t16-,17-,19-,20+/m1/s1.